The molecule has 0 atom stereocenters. The minimum absolute atomic E-state index is 0.805. The number of hydrogen-bond donors (Lipinski definition) is 0. The maximum atomic E-state index is 9.87. The van der Waals surface area contributed by atoms with Crippen LogP contribution in [0, 0.1) is 13.8 Å². The van der Waals surface area contributed by atoms with Crippen LogP contribution in [0.15, 0.2) is 91.6 Å². The SMILES string of the molecule is C=CCN(CC=C)c1cc(C)c(C=C2C(C)=CC(=[N+](CC=C)CC=C)C=C2C)c(C)c1.F[P-](F)(F)(F)(F)F. The van der Waals surface area contributed by atoms with E-state index in [2.05, 4.69) is 93.8 Å². The summed E-state index contributed by atoms with van der Waals surface area (Å²) in [6.45, 7) is 27.6. The maximum absolute atomic E-state index is 10.7. The second-order valence-electron chi connectivity index (χ2n) is 9.05. The molecule has 0 aliphatic heterocycles. The normalized spacial score (nSPS) is 15.0. The first-order valence-corrected chi connectivity index (χ1v) is 13.9. The van der Waals surface area contributed by atoms with Crippen LogP contribution in [0.2, 0.25) is 0 Å². The zero-order chi connectivity index (χ0) is 29.4. The van der Waals surface area contributed by atoms with Gasteiger partial charge in [0, 0.05) is 30.9 Å². The first kappa shape index (κ1) is 32.9. The molecule has 0 heterocycles. The van der Waals surface area contributed by atoms with E-state index >= 15 is 0 Å². The summed E-state index contributed by atoms with van der Waals surface area (Å²) in [6.07, 6.45) is 14.6. The van der Waals surface area contributed by atoms with Crippen molar-refractivity contribution in [3.63, 3.8) is 0 Å². The number of aryl methyl sites for hydroxylation is 2. The number of allylic oxidation sites excluding steroid dienone is 5. The Morgan fingerprint density at radius 3 is 1.47 bits per heavy atom. The van der Waals surface area contributed by atoms with Gasteiger partial charge >= 0.3 is 33.0 Å². The van der Waals surface area contributed by atoms with E-state index < -0.39 is 7.81 Å². The van der Waals surface area contributed by atoms with Gasteiger partial charge < -0.3 is 4.90 Å². The summed E-state index contributed by atoms with van der Waals surface area (Å²) in [6, 6.07) is 4.53. The Labute approximate surface area is 222 Å². The number of benzene rings is 1. The van der Waals surface area contributed by atoms with Crippen molar-refractivity contribution in [1.29, 1.82) is 0 Å². The van der Waals surface area contributed by atoms with Crippen LogP contribution in [0.5, 0.6) is 0 Å². The summed E-state index contributed by atoms with van der Waals surface area (Å²) in [7, 11) is -10.7. The van der Waals surface area contributed by atoms with Crippen molar-refractivity contribution >= 4 is 25.3 Å². The third-order valence-electron chi connectivity index (χ3n) is 5.57. The van der Waals surface area contributed by atoms with Crippen LogP contribution in [0.4, 0.5) is 30.9 Å². The van der Waals surface area contributed by atoms with Crippen molar-refractivity contribution in [2.24, 2.45) is 0 Å². The van der Waals surface area contributed by atoms with Crippen molar-refractivity contribution in [2.45, 2.75) is 27.7 Å². The fourth-order valence-corrected chi connectivity index (χ4v) is 4.06. The van der Waals surface area contributed by atoms with Gasteiger partial charge in [0.1, 0.15) is 0 Å². The monoisotopic (exact) mass is 558 g/mol. The second-order valence-corrected chi connectivity index (χ2v) is 11.0. The Morgan fingerprint density at radius 1 is 0.737 bits per heavy atom. The number of nitrogens with zero attached hydrogens (tertiary/aromatic N) is 2. The zero-order valence-electron chi connectivity index (χ0n) is 22.5. The molecule has 0 amide bonds. The number of halogens is 6. The average molecular weight is 559 g/mol. The van der Waals surface area contributed by atoms with Crippen LogP contribution in [0.1, 0.15) is 30.5 Å². The van der Waals surface area contributed by atoms with Gasteiger partial charge in [0.05, 0.1) is 0 Å². The van der Waals surface area contributed by atoms with Gasteiger partial charge in [0.15, 0.2) is 13.1 Å². The van der Waals surface area contributed by atoms with E-state index in [1.165, 1.54) is 44.8 Å². The van der Waals surface area contributed by atoms with E-state index in [1.807, 2.05) is 24.3 Å². The fraction of sp³-hybridized carbons (Fsp3) is 0.276. The molecule has 0 spiro atoms. The Bertz CT molecular complexity index is 1140. The molecule has 1 aromatic rings. The molecule has 2 rings (SSSR count). The topological polar surface area (TPSA) is 6.25 Å². The van der Waals surface area contributed by atoms with E-state index in [4.69, 9.17) is 0 Å². The van der Waals surface area contributed by atoms with Gasteiger partial charge in [0.2, 0.25) is 5.71 Å². The molecule has 0 aromatic heterocycles. The first-order valence-electron chi connectivity index (χ1n) is 11.9. The molecule has 210 valence electrons. The third-order valence-corrected chi connectivity index (χ3v) is 5.57. The van der Waals surface area contributed by atoms with Gasteiger partial charge in [-0.3, -0.25) is 0 Å². The van der Waals surface area contributed by atoms with E-state index in [0.29, 0.717) is 0 Å². The van der Waals surface area contributed by atoms with Crippen LogP contribution in [-0.2, 0) is 0 Å². The summed E-state index contributed by atoms with van der Waals surface area (Å²) in [5, 5.41) is 0. The fourth-order valence-electron chi connectivity index (χ4n) is 4.06. The molecule has 0 saturated carbocycles. The summed E-state index contributed by atoms with van der Waals surface area (Å²) >= 11 is 0. The number of rotatable bonds is 10. The molecule has 0 N–H and O–H groups in total. The van der Waals surface area contributed by atoms with Crippen LogP contribution >= 0.6 is 7.81 Å². The van der Waals surface area contributed by atoms with Crippen molar-refractivity contribution in [3.05, 3.63) is 108 Å². The molecular weight excluding hydrogens is 521 g/mol. The van der Waals surface area contributed by atoms with E-state index in [1.54, 1.807) is 0 Å². The van der Waals surface area contributed by atoms with Crippen molar-refractivity contribution in [3.8, 4) is 0 Å². The van der Waals surface area contributed by atoms with Crippen LogP contribution in [0.25, 0.3) is 6.08 Å². The van der Waals surface area contributed by atoms with E-state index in [0.717, 1.165) is 26.2 Å². The predicted octanol–water partition coefficient (Wildman–Crippen LogP) is 9.98. The Kier molecular flexibility index (Phi) is 10.5. The molecule has 0 radical (unpaired) electrons. The van der Waals surface area contributed by atoms with Gasteiger partial charge in [-0.25, -0.2) is 4.58 Å². The molecule has 0 bridgehead atoms. The minimum atomic E-state index is -10.7. The second kappa shape index (κ2) is 12.2. The molecular formula is C29H37F6N2P. The van der Waals surface area contributed by atoms with Crippen LogP contribution in [0.3, 0.4) is 0 Å². The summed E-state index contributed by atoms with van der Waals surface area (Å²) in [5.41, 5.74) is 10.1. The predicted molar refractivity (Wildman–Crippen MR) is 153 cm³/mol. The molecule has 9 heteroatoms. The van der Waals surface area contributed by atoms with Gasteiger partial charge in [0.25, 0.3) is 0 Å². The zero-order valence-corrected chi connectivity index (χ0v) is 23.4. The molecule has 0 fully saturated rings. The van der Waals surface area contributed by atoms with Gasteiger partial charge in [-0.05, 0) is 91.5 Å². The van der Waals surface area contributed by atoms with Crippen molar-refractivity contribution in [1.82, 2.24) is 0 Å². The van der Waals surface area contributed by atoms with Gasteiger partial charge in [-0.2, -0.15) is 0 Å². The van der Waals surface area contributed by atoms with Crippen LogP contribution in [-0.4, -0.2) is 36.5 Å². The summed E-state index contributed by atoms with van der Waals surface area (Å²) in [5.74, 6) is 0. The molecule has 0 saturated heterocycles. The van der Waals surface area contributed by atoms with E-state index in [-0.39, 0.29) is 0 Å². The first-order chi connectivity index (χ1) is 17.3. The molecule has 38 heavy (non-hydrogen) atoms. The van der Waals surface area contributed by atoms with Crippen molar-refractivity contribution in [2.75, 3.05) is 31.1 Å². The molecule has 0 unspecified atom stereocenters. The number of hydrogen-bond acceptors (Lipinski definition) is 1. The summed E-state index contributed by atoms with van der Waals surface area (Å²) < 4.78 is 61.5. The molecule has 2 nitrogen and oxygen atoms in total. The van der Waals surface area contributed by atoms with Gasteiger partial charge in [-0.15, -0.1) is 13.2 Å². The van der Waals surface area contributed by atoms with Crippen molar-refractivity contribution < 1.29 is 29.8 Å². The molecule has 1 aromatic carbocycles. The summed E-state index contributed by atoms with van der Waals surface area (Å²) in [4.78, 5) is 2.28. The Balaban J connectivity index is 0.000000905. The van der Waals surface area contributed by atoms with Crippen LogP contribution < -0.4 is 4.90 Å². The van der Waals surface area contributed by atoms with E-state index in [9.17, 15) is 25.2 Å². The number of anilines is 1. The third kappa shape index (κ3) is 12.0. The van der Waals surface area contributed by atoms with Gasteiger partial charge in [-0.1, -0.05) is 25.3 Å². The quantitative estimate of drug-likeness (QED) is 0.120. The average Bonchev–Trinajstić information content (AvgIpc) is 2.75. The Morgan fingerprint density at radius 2 is 1.13 bits per heavy atom. The standard InChI is InChI=1S/C29H37N2.F6P/c1-9-13-30(14-10-2)26-17-22(5)28(23(6)18-26)21-29-24(7)19-27(20-25(29)8)31(15-11-3)16-12-4;1-7(2,3,4,5)6/h9-12,17-21H,1-4,13-16H2,5-8H3;/q+1;-1. The Hall–Kier alpha value is -3.12. The molecule has 1 aliphatic carbocycles. The molecule has 1 aliphatic rings.